The molecular formula is C14H9N3O4. The Kier molecular flexibility index (Phi) is 3.07. The lowest BCUT2D eigenvalue weighted by Gasteiger charge is -2.04. The summed E-state index contributed by atoms with van der Waals surface area (Å²) in [5.74, 6) is -0.375. The van der Waals surface area contributed by atoms with Crippen LogP contribution in [-0.2, 0) is 0 Å². The summed E-state index contributed by atoms with van der Waals surface area (Å²) in [7, 11) is 0. The lowest BCUT2D eigenvalue weighted by atomic mass is 10.2. The highest BCUT2D eigenvalue weighted by Gasteiger charge is 2.11. The van der Waals surface area contributed by atoms with Crippen LogP contribution in [0.1, 0.15) is 10.4 Å². The van der Waals surface area contributed by atoms with E-state index in [9.17, 15) is 14.9 Å². The molecule has 1 aromatic heterocycles. The number of benzene rings is 2. The number of oxazole rings is 1. The quantitative estimate of drug-likeness (QED) is 0.588. The summed E-state index contributed by atoms with van der Waals surface area (Å²) >= 11 is 0. The number of non-ortho nitro benzene ring substituents is 1. The zero-order chi connectivity index (χ0) is 14.8. The zero-order valence-corrected chi connectivity index (χ0v) is 10.6. The molecule has 0 saturated carbocycles. The second-order valence-corrected chi connectivity index (χ2v) is 4.30. The molecule has 0 fully saturated rings. The smallest absolute Gasteiger partial charge is 0.271 e. The summed E-state index contributed by atoms with van der Waals surface area (Å²) in [4.78, 5) is 26.3. The summed E-state index contributed by atoms with van der Waals surface area (Å²) in [6.45, 7) is 0. The van der Waals surface area contributed by atoms with E-state index in [2.05, 4.69) is 10.3 Å². The number of nitrogens with zero attached hydrogens (tertiary/aromatic N) is 2. The molecule has 0 bridgehead atoms. The summed E-state index contributed by atoms with van der Waals surface area (Å²) in [6.07, 6.45) is 1.30. The van der Waals surface area contributed by atoms with Crippen molar-refractivity contribution in [1.29, 1.82) is 0 Å². The molecule has 3 rings (SSSR count). The number of amides is 1. The van der Waals surface area contributed by atoms with Crippen molar-refractivity contribution in [2.24, 2.45) is 0 Å². The molecule has 1 N–H and O–H groups in total. The average Bonchev–Trinajstić information content (AvgIpc) is 2.94. The van der Waals surface area contributed by atoms with Crippen molar-refractivity contribution in [3.63, 3.8) is 0 Å². The number of hydrogen-bond donors (Lipinski definition) is 1. The topological polar surface area (TPSA) is 98.3 Å². The molecule has 1 amide bonds. The van der Waals surface area contributed by atoms with E-state index in [0.717, 1.165) is 0 Å². The SMILES string of the molecule is O=C(Nc1cccc([N+](=O)[O-])c1)c1ccc2ocnc2c1. The Morgan fingerprint density at radius 2 is 2.10 bits per heavy atom. The third-order valence-electron chi connectivity index (χ3n) is 2.91. The Bertz CT molecular complexity index is 841. The Morgan fingerprint density at radius 1 is 1.24 bits per heavy atom. The van der Waals surface area contributed by atoms with E-state index < -0.39 is 4.92 Å². The maximum atomic E-state index is 12.1. The third kappa shape index (κ3) is 2.57. The minimum Gasteiger partial charge on any atom is -0.443 e. The first-order chi connectivity index (χ1) is 10.1. The van der Waals surface area contributed by atoms with Gasteiger partial charge in [-0.3, -0.25) is 14.9 Å². The molecule has 0 saturated heterocycles. The van der Waals surface area contributed by atoms with Crippen LogP contribution in [0.4, 0.5) is 11.4 Å². The minimum absolute atomic E-state index is 0.0836. The summed E-state index contributed by atoms with van der Waals surface area (Å²) in [5.41, 5.74) is 1.82. The molecule has 2 aromatic carbocycles. The molecule has 0 spiro atoms. The minimum atomic E-state index is -0.517. The Balaban J connectivity index is 1.85. The first-order valence-corrected chi connectivity index (χ1v) is 6.02. The molecule has 0 unspecified atom stereocenters. The van der Waals surface area contributed by atoms with Crippen molar-refractivity contribution < 1.29 is 14.1 Å². The van der Waals surface area contributed by atoms with Gasteiger partial charge in [-0.05, 0) is 24.3 Å². The van der Waals surface area contributed by atoms with Crippen LogP contribution in [0, 0.1) is 10.1 Å². The molecule has 104 valence electrons. The highest BCUT2D eigenvalue weighted by Crippen LogP contribution is 2.19. The first-order valence-electron chi connectivity index (χ1n) is 6.02. The number of hydrogen-bond acceptors (Lipinski definition) is 5. The predicted molar refractivity (Wildman–Crippen MR) is 75.1 cm³/mol. The second kappa shape index (κ2) is 5.04. The fourth-order valence-electron chi connectivity index (χ4n) is 1.90. The predicted octanol–water partition coefficient (Wildman–Crippen LogP) is 2.99. The van der Waals surface area contributed by atoms with Crippen LogP contribution in [0.5, 0.6) is 0 Å². The van der Waals surface area contributed by atoms with Crippen molar-refractivity contribution in [2.75, 3.05) is 5.32 Å². The fraction of sp³-hybridized carbons (Fsp3) is 0. The number of rotatable bonds is 3. The van der Waals surface area contributed by atoms with Crippen molar-refractivity contribution in [1.82, 2.24) is 4.98 Å². The van der Waals surface area contributed by atoms with E-state index in [0.29, 0.717) is 22.4 Å². The Morgan fingerprint density at radius 3 is 2.90 bits per heavy atom. The van der Waals surface area contributed by atoms with Crippen LogP contribution in [0.2, 0.25) is 0 Å². The lowest BCUT2D eigenvalue weighted by Crippen LogP contribution is -2.11. The molecule has 0 aliphatic heterocycles. The number of nitrogens with one attached hydrogen (secondary N) is 1. The molecule has 1 heterocycles. The summed E-state index contributed by atoms with van der Waals surface area (Å²) in [5, 5.41) is 13.3. The maximum absolute atomic E-state index is 12.1. The van der Waals surface area contributed by atoms with Gasteiger partial charge >= 0.3 is 0 Å². The van der Waals surface area contributed by atoms with Crippen molar-refractivity contribution in [3.05, 3.63) is 64.5 Å². The number of aromatic nitrogens is 1. The maximum Gasteiger partial charge on any atom is 0.271 e. The Labute approximate surface area is 118 Å². The lowest BCUT2D eigenvalue weighted by molar-refractivity contribution is -0.384. The van der Waals surface area contributed by atoms with Gasteiger partial charge in [-0.15, -0.1) is 0 Å². The summed E-state index contributed by atoms with van der Waals surface area (Å²) < 4.78 is 5.10. The van der Waals surface area contributed by atoms with Gasteiger partial charge in [0.15, 0.2) is 12.0 Å². The van der Waals surface area contributed by atoms with E-state index in [4.69, 9.17) is 4.42 Å². The number of nitro benzene ring substituents is 1. The molecule has 21 heavy (non-hydrogen) atoms. The summed E-state index contributed by atoms with van der Waals surface area (Å²) in [6, 6.07) is 10.6. The van der Waals surface area contributed by atoms with Crippen molar-refractivity contribution >= 4 is 28.4 Å². The normalized spacial score (nSPS) is 10.5. The number of nitro groups is 1. The van der Waals surface area contributed by atoms with Crippen LogP contribution in [-0.4, -0.2) is 15.8 Å². The van der Waals surface area contributed by atoms with E-state index >= 15 is 0 Å². The van der Waals surface area contributed by atoms with Gasteiger partial charge in [-0.2, -0.15) is 0 Å². The van der Waals surface area contributed by atoms with E-state index in [1.54, 1.807) is 24.3 Å². The third-order valence-corrected chi connectivity index (χ3v) is 2.91. The van der Waals surface area contributed by atoms with Gasteiger partial charge in [0, 0.05) is 23.4 Å². The van der Waals surface area contributed by atoms with Crippen LogP contribution in [0.3, 0.4) is 0 Å². The van der Waals surface area contributed by atoms with Crippen LogP contribution >= 0.6 is 0 Å². The molecule has 0 radical (unpaired) electrons. The van der Waals surface area contributed by atoms with Crippen molar-refractivity contribution in [2.45, 2.75) is 0 Å². The van der Waals surface area contributed by atoms with Gasteiger partial charge in [0.1, 0.15) is 5.52 Å². The van der Waals surface area contributed by atoms with Gasteiger partial charge in [-0.1, -0.05) is 6.07 Å². The van der Waals surface area contributed by atoms with Crippen molar-refractivity contribution in [3.8, 4) is 0 Å². The number of carbonyl (C=O) groups excluding carboxylic acids is 1. The van der Waals surface area contributed by atoms with Gasteiger partial charge < -0.3 is 9.73 Å². The molecular weight excluding hydrogens is 274 g/mol. The van der Waals surface area contributed by atoms with E-state index in [1.807, 2.05) is 0 Å². The fourth-order valence-corrected chi connectivity index (χ4v) is 1.90. The highest BCUT2D eigenvalue weighted by atomic mass is 16.6. The molecule has 7 heteroatoms. The Hall–Kier alpha value is -3.22. The molecule has 3 aromatic rings. The first kappa shape index (κ1) is 12.8. The van der Waals surface area contributed by atoms with Crippen LogP contribution in [0.25, 0.3) is 11.1 Å². The molecule has 0 aliphatic rings. The zero-order valence-electron chi connectivity index (χ0n) is 10.6. The number of fused-ring (bicyclic) bond motifs is 1. The van der Waals surface area contributed by atoms with Gasteiger partial charge in [0.2, 0.25) is 0 Å². The molecule has 0 atom stereocenters. The highest BCUT2D eigenvalue weighted by molar-refractivity contribution is 6.05. The number of carbonyl (C=O) groups is 1. The standard InChI is InChI=1S/C14H9N3O4/c18-14(9-4-5-13-12(6-9)15-8-21-13)16-10-2-1-3-11(7-10)17(19)20/h1-8H,(H,16,18). The second-order valence-electron chi connectivity index (χ2n) is 4.30. The monoisotopic (exact) mass is 283 g/mol. The van der Waals surface area contributed by atoms with Crippen LogP contribution < -0.4 is 5.32 Å². The number of anilines is 1. The molecule has 0 aliphatic carbocycles. The van der Waals surface area contributed by atoms with Gasteiger partial charge in [0.05, 0.1) is 4.92 Å². The molecule has 7 nitrogen and oxygen atoms in total. The van der Waals surface area contributed by atoms with E-state index in [-0.39, 0.29) is 11.6 Å². The largest absolute Gasteiger partial charge is 0.443 e. The van der Waals surface area contributed by atoms with Gasteiger partial charge in [-0.25, -0.2) is 4.98 Å². The van der Waals surface area contributed by atoms with Gasteiger partial charge in [0.25, 0.3) is 11.6 Å². The average molecular weight is 283 g/mol. The van der Waals surface area contributed by atoms with E-state index in [1.165, 1.54) is 24.6 Å². The van der Waals surface area contributed by atoms with Crippen LogP contribution in [0.15, 0.2) is 53.3 Å².